The first-order chi connectivity index (χ1) is 12.7. The van der Waals surface area contributed by atoms with Crippen LogP contribution in [0.15, 0.2) is 30.7 Å². The van der Waals surface area contributed by atoms with Gasteiger partial charge in [-0.1, -0.05) is 6.42 Å². The Morgan fingerprint density at radius 2 is 2.08 bits per heavy atom. The van der Waals surface area contributed by atoms with E-state index in [0.29, 0.717) is 28.9 Å². The van der Waals surface area contributed by atoms with Gasteiger partial charge in [-0.25, -0.2) is 14.4 Å². The summed E-state index contributed by atoms with van der Waals surface area (Å²) in [6.45, 7) is 0.457. The number of nitrogens with zero attached hydrogens (tertiary/aromatic N) is 5. The normalized spacial score (nSPS) is 15.5. The van der Waals surface area contributed by atoms with Crippen molar-refractivity contribution < 1.29 is 9.50 Å². The molecular formula is C17H17FN6OS. The fourth-order valence-electron chi connectivity index (χ4n) is 3.08. The fraction of sp³-hybridized carbons (Fsp3) is 0.353. The third-order valence-electron chi connectivity index (χ3n) is 4.65. The summed E-state index contributed by atoms with van der Waals surface area (Å²) >= 11 is 1.35. The molecule has 134 valence electrons. The molecule has 0 saturated heterocycles. The van der Waals surface area contributed by atoms with E-state index in [1.165, 1.54) is 17.4 Å². The highest BCUT2D eigenvalue weighted by atomic mass is 32.1. The Kier molecular flexibility index (Phi) is 4.56. The molecule has 0 aliphatic heterocycles. The average molecular weight is 372 g/mol. The van der Waals surface area contributed by atoms with Gasteiger partial charge in [0, 0.05) is 24.4 Å². The second-order valence-electron chi connectivity index (χ2n) is 6.28. The number of rotatable bonds is 6. The van der Waals surface area contributed by atoms with E-state index in [2.05, 4.69) is 30.5 Å². The molecule has 3 aromatic rings. The molecule has 2 N–H and O–H groups in total. The van der Waals surface area contributed by atoms with Crippen LogP contribution in [0, 0.1) is 5.82 Å². The summed E-state index contributed by atoms with van der Waals surface area (Å²) in [5, 5.41) is 21.1. The molecule has 26 heavy (non-hydrogen) atoms. The van der Waals surface area contributed by atoms with E-state index in [0.717, 1.165) is 24.1 Å². The Morgan fingerprint density at radius 1 is 1.19 bits per heavy atom. The molecule has 0 aromatic carbocycles. The maximum atomic E-state index is 14.1. The van der Waals surface area contributed by atoms with E-state index >= 15 is 0 Å². The fourth-order valence-corrected chi connectivity index (χ4v) is 3.80. The molecule has 3 aromatic heterocycles. The van der Waals surface area contributed by atoms with Crippen molar-refractivity contribution in [1.29, 1.82) is 0 Å². The van der Waals surface area contributed by atoms with Crippen molar-refractivity contribution in [2.45, 2.75) is 31.3 Å². The molecule has 3 heterocycles. The SMILES string of the molecule is OCc1cnc(-c2cnc(NCC3(c4ncccc4F)CCC3)nn2)s1. The molecule has 0 bridgehead atoms. The summed E-state index contributed by atoms with van der Waals surface area (Å²) < 4.78 is 14.1. The van der Waals surface area contributed by atoms with Gasteiger partial charge in [0.25, 0.3) is 0 Å². The van der Waals surface area contributed by atoms with Gasteiger partial charge in [-0.3, -0.25) is 4.98 Å². The second kappa shape index (κ2) is 7.00. The second-order valence-corrected chi connectivity index (χ2v) is 7.39. The number of halogens is 1. The zero-order chi connectivity index (χ0) is 18.0. The van der Waals surface area contributed by atoms with Crippen molar-refractivity contribution in [3.05, 3.63) is 47.1 Å². The maximum Gasteiger partial charge on any atom is 0.242 e. The Morgan fingerprint density at radius 3 is 2.69 bits per heavy atom. The Hall–Kier alpha value is -2.52. The van der Waals surface area contributed by atoms with Crippen LogP contribution in [0.25, 0.3) is 10.7 Å². The Balaban J connectivity index is 1.47. The standard InChI is InChI=1S/C17H17FN6OS/c18-12-3-1-6-19-14(12)17(4-2-5-17)10-22-16-21-8-13(23-24-16)15-20-7-11(9-25)26-15/h1,3,6-8,25H,2,4-5,9-10H2,(H,21,22,24). The largest absolute Gasteiger partial charge is 0.391 e. The van der Waals surface area contributed by atoms with Crippen LogP contribution in [-0.4, -0.2) is 36.8 Å². The molecule has 0 unspecified atom stereocenters. The lowest BCUT2D eigenvalue weighted by Crippen LogP contribution is -2.42. The number of thiazole rings is 1. The topological polar surface area (TPSA) is 96.7 Å². The molecule has 9 heteroatoms. The van der Waals surface area contributed by atoms with Crippen LogP contribution in [0.5, 0.6) is 0 Å². The molecule has 4 rings (SSSR count). The smallest absolute Gasteiger partial charge is 0.242 e. The zero-order valence-electron chi connectivity index (χ0n) is 13.9. The molecule has 1 aliphatic carbocycles. The number of nitrogens with one attached hydrogen (secondary N) is 1. The number of aromatic nitrogens is 5. The van der Waals surface area contributed by atoms with Crippen molar-refractivity contribution in [1.82, 2.24) is 25.1 Å². The average Bonchev–Trinajstić information content (AvgIpc) is 3.12. The predicted molar refractivity (Wildman–Crippen MR) is 95.1 cm³/mol. The zero-order valence-corrected chi connectivity index (χ0v) is 14.7. The Bertz CT molecular complexity index is 896. The summed E-state index contributed by atoms with van der Waals surface area (Å²) in [6, 6.07) is 3.05. The first-order valence-corrected chi connectivity index (χ1v) is 9.12. The van der Waals surface area contributed by atoms with Crippen LogP contribution in [0.1, 0.15) is 29.8 Å². The predicted octanol–water partition coefficient (Wildman–Crippen LogP) is 2.56. The van der Waals surface area contributed by atoms with Gasteiger partial charge in [0.05, 0.1) is 23.4 Å². The highest BCUT2D eigenvalue weighted by Crippen LogP contribution is 2.43. The lowest BCUT2D eigenvalue weighted by molar-refractivity contribution is 0.243. The number of aliphatic hydroxyl groups is 1. The quantitative estimate of drug-likeness (QED) is 0.686. The molecule has 7 nitrogen and oxygen atoms in total. The molecule has 1 aliphatic rings. The lowest BCUT2D eigenvalue weighted by Gasteiger charge is -2.41. The minimum atomic E-state index is -0.321. The Labute approximate surface area is 153 Å². The van der Waals surface area contributed by atoms with Crippen LogP contribution in [0.3, 0.4) is 0 Å². The number of anilines is 1. The van der Waals surface area contributed by atoms with Crippen LogP contribution in [-0.2, 0) is 12.0 Å². The third kappa shape index (κ3) is 3.15. The highest BCUT2D eigenvalue weighted by Gasteiger charge is 2.41. The van der Waals surface area contributed by atoms with Crippen LogP contribution >= 0.6 is 11.3 Å². The van der Waals surface area contributed by atoms with Gasteiger partial charge in [0.1, 0.15) is 16.5 Å². The van der Waals surface area contributed by atoms with Gasteiger partial charge in [0.15, 0.2) is 0 Å². The van der Waals surface area contributed by atoms with E-state index in [-0.39, 0.29) is 17.8 Å². The van der Waals surface area contributed by atoms with Crippen LogP contribution in [0.4, 0.5) is 10.3 Å². The summed E-state index contributed by atoms with van der Waals surface area (Å²) in [5.74, 6) is 0.113. The van der Waals surface area contributed by atoms with Crippen molar-refractivity contribution in [3.8, 4) is 10.7 Å². The minimum absolute atomic E-state index is 0.0513. The van der Waals surface area contributed by atoms with Crippen LogP contribution in [0.2, 0.25) is 0 Å². The van der Waals surface area contributed by atoms with Gasteiger partial charge in [-0.15, -0.1) is 21.5 Å². The van der Waals surface area contributed by atoms with E-state index < -0.39 is 0 Å². The molecule has 1 saturated carbocycles. The molecule has 1 fully saturated rings. The van der Waals surface area contributed by atoms with Crippen molar-refractivity contribution in [3.63, 3.8) is 0 Å². The van der Waals surface area contributed by atoms with E-state index in [4.69, 9.17) is 5.11 Å². The summed E-state index contributed by atoms with van der Waals surface area (Å²) in [4.78, 5) is 13.5. The summed E-state index contributed by atoms with van der Waals surface area (Å²) in [7, 11) is 0. The molecule has 0 spiro atoms. The van der Waals surface area contributed by atoms with Crippen molar-refractivity contribution >= 4 is 17.3 Å². The van der Waals surface area contributed by atoms with Gasteiger partial charge in [-0.2, -0.15) is 0 Å². The van der Waals surface area contributed by atoms with E-state index in [1.807, 2.05) is 0 Å². The summed E-state index contributed by atoms with van der Waals surface area (Å²) in [5.41, 5.74) is 0.732. The van der Waals surface area contributed by atoms with Gasteiger partial charge in [-0.05, 0) is 25.0 Å². The van der Waals surface area contributed by atoms with E-state index in [9.17, 15) is 4.39 Å². The number of hydrogen-bond acceptors (Lipinski definition) is 8. The third-order valence-corrected chi connectivity index (χ3v) is 5.65. The van der Waals surface area contributed by atoms with Gasteiger partial charge >= 0.3 is 0 Å². The number of hydrogen-bond donors (Lipinski definition) is 2. The summed E-state index contributed by atoms with van der Waals surface area (Å²) in [6.07, 6.45) is 7.62. The molecule has 0 amide bonds. The monoisotopic (exact) mass is 372 g/mol. The molecule has 0 radical (unpaired) electrons. The maximum absolute atomic E-state index is 14.1. The molecule has 0 atom stereocenters. The number of aliphatic hydroxyl groups excluding tert-OH is 1. The van der Waals surface area contributed by atoms with Gasteiger partial charge < -0.3 is 10.4 Å². The first kappa shape index (κ1) is 16.9. The number of pyridine rings is 1. The highest BCUT2D eigenvalue weighted by molar-refractivity contribution is 7.14. The van der Waals surface area contributed by atoms with Crippen molar-refractivity contribution in [2.24, 2.45) is 0 Å². The van der Waals surface area contributed by atoms with E-state index in [1.54, 1.807) is 24.7 Å². The first-order valence-electron chi connectivity index (χ1n) is 8.31. The molecular weight excluding hydrogens is 355 g/mol. The van der Waals surface area contributed by atoms with Gasteiger partial charge in [0.2, 0.25) is 5.95 Å². The van der Waals surface area contributed by atoms with Crippen LogP contribution < -0.4 is 5.32 Å². The minimum Gasteiger partial charge on any atom is -0.391 e. The lowest BCUT2D eigenvalue weighted by atomic mass is 9.66. The van der Waals surface area contributed by atoms with Crippen molar-refractivity contribution in [2.75, 3.05) is 11.9 Å².